The van der Waals surface area contributed by atoms with Gasteiger partial charge in [0.25, 0.3) is 0 Å². The molecule has 2 atom stereocenters. The highest BCUT2D eigenvalue weighted by atomic mass is 16.5. The van der Waals surface area contributed by atoms with Crippen molar-refractivity contribution in [2.75, 3.05) is 13.2 Å². The van der Waals surface area contributed by atoms with Gasteiger partial charge in [0.2, 0.25) is 5.91 Å². The van der Waals surface area contributed by atoms with Crippen LogP contribution in [0.3, 0.4) is 0 Å². The molecule has 0 unspecified atom stereocenters. The molecule has 7 nitrogen and oxygen atoms in total. The number of nitrogens with zero attached hydrogens (tertiary/aromatic N) is 1. The molecule has 2 aliphatic carbocycles. The molecule has 7 heteroatoms. The van der Waals surface area contributed by atoms with Crippen LogP contribution >= 0.6 is 0 Å². The fourth-order valence-corrected chi connectivity index (χ4v) is 5.20. The summed E-state index contributed by atoms with van der Waals surface area (Å²) in [6.45, 7) is 5.29. The van der Waals surface area contributed by atoms with Gasteiger partial charge in [0, 0.05) is 17.5 Å². The third-order valence-electron chi connectivity index (χ3n) is 6.85. The Morgan fingerprint density at radius 1 is 1.00 bits per heavy atom. The molecule has 2 aromatic rings. The van der Waals surface area contributed by atoms with Gasteiger partial charge in [0.05, 0.1) is 5.92 Å². The maximum absolute atomic E-state index is 13.2. The Kier molecular flexibility index (Phi) is 6.64. The van der Waals surface area contributed by atoms with E-state index >= 15 is 0 Å². The van der Waals surface area contributed by atoms with Gasteiger partial charge in [-0.05, 0) is 55.9 Å². The first-order valence-corrected chi connectivity index (χ1v) is 11.8. The van der Waals surface area contributed by atoms with Crippen LogP contribution in [-0.2, 0) is 14.3 Å². The van der Waals surface area contributed by atoms with Gasteiger partial charge in [0.15, 0.2) is 0 Å². The molecule has 180 valence electrons. The van der Waals surface area contributed by atoms with Crippen LogP contribution in [0.25, 0.3) is 11.1 Å². The average Bonchev–Trinajstić information content (AvgIpc) is 3.37. The van der Waals surface area contributed by atoms with Crippen LogP contribution in [0.1, 0.15) is 57.1 Å². The molecular weight excluding hydrogens is 432 g/mol. The lowest BCUT2D eigenvalue weighted by atomic mass is 9.97. The number of carboxylic acids is 1. The molecule has 0 heterocycles. The zero-order valence-corrected chi connectivity index (χ0v) is 19.9. The van der Waals surface area contributed by atoms with E-state index in [-0.39, 0.29) is 31.0 Å². The first kappa shape index (κ1) is 23.8. The lowest BCUT2D eigenvalue weighted by Gasteiger charge is -2.37. The minimum absolute atomic E-state index is 0.0360. The molecule has 34 heavy (non-hydrogen) atoms. The highest BCUT2D eigenvalue weighted by Crippen LogP contribution is 2.44. The van der Waals surface area contributed by atoms with Crippen molar-refractivity contribution >= 4 is 18.0 Å². The summed E-state index contributed by atoms with van der Waals surface area (Å²) in [4.78, 5) is 38.7. The number of amides is 2. The summed E-state index contributed by atoms with van der Waals surface area (Å²) in [5, 5.41) is 12.2. The van der Waals surface area contributed by atoms with E-state index < -0.39 is 23.5 Å². The summed E-state index contributed by atoms with van der Waals surface area (Å²) >= 11 is 0. The molecule has 0 aromatic heterocycles. The predicted molar refractivity (Wildman–Crippen MR) is 128 cm³/mol. The molecule has 4 rings (SSSR count). The van der Waals surface area contributed by atoms with E-state index in [0.29, 0.717) is 12.8 Å². The SMILES string of the molecule is CC(C)(C)N(CC(=O)O)C(=O)[C@@H]1CCC[C@@H]1NC(=O)OCC1c2ccccc2-c2ccccc21. The summed E-state index contributed by atoms with van der Waals surface area (Å²) in [7, 11) is 0. The highest BCUT2D eigenvalue weighted by Gasteiger charge is 2.40. The fraction of sp³-hybridized carbons (Fsp3) is 0.444. The van der Waals surface area contributed by atoms with Crippen molar-refractivity contribution in [2.24, 2.45) is 5.92 Å². The van der Waals surface area contributed by atoms with Crippen LogP contribution in [0.15, 0.2) is 48.5 Å². The van der Waals surface area contributed by atoms with Gasteiger partial charge in [-0.2, -0.15) is 0 Å². The Balaban J connectivity index is 1.41. The molecule has 2 aromatic carbocycles. The number of rotatable bonds is 6. The summed E-state index contributed by atoms with van der Waals surface area (Å²) in [5.41, 5.74) is 3.97. The van der Waals surface area contributed by atoms with Gasteiger partial charge in [-0.1, -0.05) is 55.0 Å². The molecule has 0 aliphatic heterocycles. The van der Waals surface area contributed by atoms with Crippen molar-refractivity contribution in [1.82, 2.24) is 10.2 Å². The second kappa shape index (κ2) is 9.49. The van der Waals surface area contributed by atoms with Crippen LogP contribution in [0.4, 0.5) is 4.79 Å². The van der Waals surface area contributed by atoms with E-state index in [2.05, 4.69) is 29.6 Å². The maximum atomic E-state index is 13.2. The smallest absolute Gasteiger partial charge is 0.407 e. The van der Waals surface area contributed by atoms with Crippen molar-refractivity contribution in [1.29, 1.82) is 0 Å². The molecule has 0 spiro atoms. The molecule has 0 saturated heterocycles. The molecule has 2 N–H and O–H groups in total. The third kappa shape index (κ3) is 4.79. The lowest BCUT2D eigenvalue weighted by molar-refractivity contribution is -0.150. The summed E-state index contributed by atoms with van der Waals surface area (Å²) in [6, 6.07) is 15.9. The lowest BCUT2D eigenvalue weighted by Crippen LogP contribution is -2.53. The molecule has 1 fully saturated rings. The Morgan fingerprint density at radius 3 is 2.15 bits per heavy atom. The quantitative estimate of drug-likeness (QED) is 0.660. The van der Waals surface area contributed by atoms with Crippen molar-refractivity contribution in [3.63, 3.8) is 0 Å². The molecule has 2 amide bonds. The molecule has 0 bridgehead atoms. The van der Waals surface area contributed by atoms with Crippen LogP contribution in [-0.4, -0.2) is 52.7 Å². The Bertz CT molecular complexity index is 1040. The van der Waals surface area contributed by atoms with Crippen molar-refractivity contribution in [3.8, 4) is 11.1 Å². The van der Waals surface area contributed by atoms with E-state index in [4.69, 9.17) is 4.74 Å². The number of hydrogen-bond acceptors (Lipinski definition) is 4. The highest BCUT2D eigenvalue weighted by molar-refractivity contribution is 5.85. The number of aliphatic carboxylic acids is 1. The fourth-order valence-electron chi connectivity index (χ4n) is 5.20. The second-order valence-electron chi connectivity index (χ2n) is 10.1. The predicted octanol–water partition coefficient (Wildman–Crippen LogP) is 4.41. The van der Waals surface area contributed by atoms with Crippen LogP contribution in [0.5, 0.6) is 0 Å². The minimum atomic E-state index is -1.05. The second-order valence-corrected chi connectivity index (χ2v) is 10.1. The van der Waals surface area contributed by atoms with Gasteiger partial charge in [-0.25, -0.2) is 4.79 Å². The standard InChI is InChI=1S/C27H32N2O5/c1-27(2,3)29(15-24(30)31)25(32)21-13-8-14-23(21)28-26(33)34-16-22-19-11-6-4-9-17(19)18-10-5-7-12-20(18)22/h4-7,9-12,21-23H,8,13-16H2,1-3H3,(H,28,33)(H,30,31)/t21-,23+/m1/s1. The molecule has 2 aliphatic rings. The van der Waals surface area contributed by atoms with Crippen molar-refractivity contribution in [2.45, 2.75) is 57.5 Å². The number of benzene rings is 2. The van der Waals surface area contributed by atoms with E-state index in [1.807, 2.05) is 45.0 Å². The Hall–Kier alpha value is -3.35. The van der Waals surface area contributed by atoms with Gasteiger partial charge in [-0.15, -0.1) is 0 Å². The Morgan fingerprint density at radius 2 is 1.59 bits per heavy atom. The van der Waals surface area contributed by atoms with E-state index in [9.17, 15) is 19.5 Å². The van der Waals surface area contributed by atoms with Gasteiger partial charge in [-0.3, -0.25) is 9.59 Å². The zero-order valence-electron chi connectivity index (χ0n) is 19.9. The number of ether oxygens (including phenoxy) is 1. The minimum Gasteiger partial charge on any atom is -0.480 e. The van der Waals surface area contributed by atoms with Gasteiger partial charge in [0.1, 0.15) is 13.2 Å². The number of alkyl carbamates (subject to hydrolysis) is 1. The summed E-state index contributed by atoms with van der Waals surface area (Å²) in [5.74, 6) is -1.79. The molecular formula is C27H32N2O5. The largest absolute Gasteiger partial charge is 0.480 e. The van der Waals surface area contributed by atoms with E-state index in [0.717, 1.165) is 28.7 Å². The van der Waals surface area contributed by atoms with Crippen LogP contribution in [0, 0.1) is 5.92 Å². The average molecular weight is 465 g/mol. The van der Waals surface area contributed by atoms with Gasteiger partial charge >= 0.3 is 12.1 Å². The first-order chi connectivity index (χ1) is 16.2. The maximum Gasteiger partial charge on any atom is 0.407 e. The van der Waals surface area contributed by atoms with Crippen LogP contribution in [0.2, 0.25) is 0 Å². The normalized spacial score (nSPS) is 19.3. The number of fused-ring (bicyclic) bond motifs is 3. The van der Waals surface area contributed by atoms with E-state index in [1.165, 1.54) is 4.90 Å². The monoisotopic (exact) mass is 464 g/mol. The molecule has 1 saturated carbocycles. The topological polar surface area (TPSA) is 95.9 Å². The number of hydrogen-bond donors (Lipinski definition) is 2. The first-order valence-electron chi connectivity index (χ1n) is 11.8. The number of carbonyl (C=O) groups is 3. The zero-order chi connectivity index (χ0) is 24.5. The molecule has 0 radical (unpaired) electrons. The number of nitrogens with one attached hydrogen (secondary N) is 1. The van der Waals surface area contributed by atoms with E-state index in [1.54, 1.807) is 0 Å². The summed E-state index contributed by atoms with van der Waals surface area (Å²) in [6.07, 6.45) is 1.51. The van der Waals surface area contributed by atoms with Gasteiger partial charge < -0.3 is 20.1 Å². The number of carbonyl (C=O) groups excluding carboxylic acids is 2. The number of carboxylic acid groups (broad SMARTS) is 1. The van der Waals surface area contributed by atoms with Crippen molar-refractivity contribution in [3.05, 3.63) is 59.7 Å². The Labute approximate surface area is 200 Å². The van der Waals surface area contributed by atoms with Crippen LogP contribution < -0.4 is 5.32 Å². The summed E-state index contributed by atoms with van der Waals surface area (Å²) < 4.78 is 5.65. The van der Waals surface area contributed by atoms with Crippen molar-refractivity contribution < 1.29 is 24.2 Å². The third-order valence-corrected chi connectivity index (χ3v) is 6.85.